The van der Waals surface area contributed by atoms with Crippen molar-refractivity contribution in [3.8, 4) is 0 Å². The molecule has 0 amide bonds. The molecule has 110 valence electrons. The van der Waals surface area contributed by atoms with E-state index in [1.165, 1.54) is 10.6 Å². The summed E-state index contributed by atoms with van der Waals surface area (Å²) in [5.41, 5.74) is 4.19. The van der Waals surface area contributed by atoms with Gasteiger partial charge in [-0.3, -0.25) is 4.79 Å². The van der Waals surface area contributed by atoms with E-state index in [0.717, 1.165) is 28.3 Å². The van der Waals surface area contributed by atoms with Gasteiger partial charge in [0.2, 0.25) is 0 Å². The van der Waals surface area contributed by atoms with Crippen molar-refractivity contribution in [1.29, 1.82) is 0 Å². The molecule has 0 N–H and O–H groups in total. The highest BCUT2D eigenvalue weighted by Gasteiger charge is 2.38. The molecule has 0 radical (unpaired) electrons. The summed E-state index contributed by atoms with van der Waals surface area (Å²) >= 11 is 1.73. The number of allylic oxidation sites excluding steroid dienone is 1. The molecule has 2 aromatic rings. The van der Waals surface area contributed by atoms with Gasteiger partial charge in [-0.05, 0) is 24.6 Å². The normalized spacial score (nSPS) is 22.9. The molecule has 0 saturated carbocycles. The average Bonchev–Trinajstić information content (AvgIpc) is 3.03. The van der Waals surface area contributed by atoms with Crippen LogP contribution in [0, 0.1) is 0 Å². The number of carbonyl (C=O) groups excluding carboxylic acids is 1. The van der Waals surface area contributed by atoms with Crippen molar-refractivity contribution in [3.63, 3.8) is 0 Å². The summed E-state index contributed by atoms with van der Waals surface area (Å²) in [6.07, 6.45) is 0. The third-order valence-electron chi connectivity index (χ3n) is 4.50. The zero-order valence-electron chi connectivity index (χ0n) is 12.7. The maximum atomic E-state index is 12.9. The highest BCUT2D eigenvalue weighted by atomic mass is 32.2. The summed E-state index contributed by atoms with van der Waals surface area (Å²) in [6.45, 7) is 5.16. The molecule has 4 rings (SSSR count). The number of hydrogen-bond acceptors (Lipinski definition) is 3. The van der Waals surface area contributed by atoms with Crippen LogP contribution < -0.4 is 4.90 Å². The van der Waals surface area contributed by atoms with Crippen molar-refractivity contribution in [2.75, 3.05) is 11.4 Å². The molecular weight excluding hydrogens is 290 g/mol. The topological polar surface area (TPSA) is 20.3 Å². The number of carbonyl (C=O) groups is 1. The van der Waals surface area contributed by atoms with Crippen molar-refractivity contribution in [3.05, 3.63) is 70.3 Å². The Kier molecular flexibility index (Phi) is 3.12. The van der Waals surface area contributed by atoms with Gasteiger partial charge in [0, 0.05) is 28.5 Å². The van der Waals surface area contributed by atoms with Crippen LogP contribution in [0.5, 0.6) is 0 Å². The number of hydrogen-bond donors (Lipinski definition) is 0. The standard InChI is InChI=1S/C19H17NOS/c1-3-20-15-10-6-7-11-16(15)22-19(20)17-12(2)13-8-4-5-9-14(13)18(17)21/h4-12H,3H2,1-2H3/b19-17-. The van der Waals surface area contributed by atoms with Crippen LogP contribution in [0.25, 0.3) is 0 Å². The molecule has 22 heavy (non-hydrogen) atoms. The van der Waals surface area contributed by atoms with Crippen LogP contribution in [0.1, 0.15) is 35.7 Å². The monoisotopic (exact) mass is 307 g/mol. The Labute approximate surface area is 134 Å². The molecular formula is C19H17NOS. The van der Waals surface area contributed by atoms with Gasteiger partial charge in [-0.15, -0.1) is 0 Å². The summed E-state index contributed by atoms with van der Waals surface area (Å²) in [5.74, 6) is 0.353. The predicted octanol–water partition coefficient (Wildman–Crippen LogP) is 4.83. The van der Waals surface area contributed by atoms with E-state index < -0.39 is 0 Å². The quantitative estimate of drug-likeness (QED) is 0.704. The molecule has 0 bridgehead atoms. The van der Waals surface area contributed by atoms with E-state index in [2.05, 4.69) is 49.1 Å². The SMILES string of the molecule is CCN1/C(=C2/C(=O)c3ccccc3C2C)Sc2ccccc21. The minimum absolute atomic E-state index is 0.162. The highest BCUT2D eigenvalue weighted by Crippen LogP contribution is 2.51. The zero-order chi connectivity index (χ0) is 15.3. The van der Waals surface area contributed by atoms with Crippen LogP contribution >= 0.6 is 11.8 Å². The lowest BCUT2D eigenvalue weighted by Crippen LogP contribution is -2.20. The fourth-order valence-electron chi connectivity index (χ4n) is 3.41. The highest BCUT2D eigenvalue weighted by molar-refractivity contribution is 8.03. The Morgan fingerprint density at radius 3 is 2.59 bits per heavy atom. The summed E-state index contributed by atoms with van der Waals surface area (Å²) < 4.78 is 0. The molecule has 2 aliphatic rings. The van der Waals surface area contributed by atoms with Crippen molar-refractivity contribution in [2.24, 2.45) is 0 Å². The molecule has 1 atom stereocenters. The summed E-state index contributed by atoms with van der Waals surface area (Å²) in [7, 11) is 0. The van der Waals surface area contributed by atoms with E-state index in [1.54, 1.807) is 11.8 Å². The van der Waals surface area contributed by atoms with E-state index in [1.807, 2.05) is 18.2 Å². The van der Waals surface area contributed by atoms with Gasteiger partial charge in [0.1, 0.15) is 0 Å². The van der Waals surface area contributed by atoms with Crippen LogP contribution in [0.3, 0.4) is 0 Å². The van der Waals surface area contributed by atoms with Gasteiger partial charge >= 0.3 is 0 Å². The Balaban J connectivity index is 1.89. The largest absolute Gasteiger partial charge is 0.335 e. The van der Waals surface area contributed by atoms with E-state index in [0.29, 0.717) is 0 Å². The second-order valence-corrected chi connectivity index (χ2v) is 6.70. The molecule has 1 heterocycles. The fraction of sp³-hybridized carbons (Fsp3) is 0.211. The van der Waals surface area contributed by atoms with Gasteiger partial charge in [0.05, 0.1) is 10.7 Å². The molecule has 1 aliphatic carbocycles. The van der Waals surface area contributed by atoms with E-state index in [4.69, 9.17) is 0 Å². The minimum atomic E-state index is 0.162. The van der Waals surface area contributed by atoms with Gasteiger partial charge in [-0.1, -0.05) is 55.1 Å². The lowest BCUT2D eigenvalue weighted by atomic mass is 10.0. The zero-order valence-corrected chi connectivity index (χ0v) is 13.5. The smallest absolute Gasteiger partial charge is 0.192 e. The van der Waals surface area contributed by atoms with Crippen molar-refractivity contribution in [1.82, 2.24) is 0 Å². The molecule has 0 aromatic heterocycles. The minimum Gasteiger partial charge on any atom is -0.335 e. The number of nitrogens with zero attached hydrogens (tertiary/aromatic N) is 1. The maximum Gasteiger partial charge on any atom is 0.192 e. The molecule has 0 saturated heterocycles. The summed E-state index contributed by atoms with van der Waals surface area (Å²) in [6, 6.07) is 16.4. The van der Waals surface area contributed by atoms with Gasteiger partial charge in [-0.2, -0.15) is 0 Å². The molecule has 3 heteroatoms. The lowest BCUT2D eigenvalue weighted by Gasteiger charge is -2.21. The third kappa shape index (κ3) is 1.78. The second-order valence-electron chi connectivity index (χ2n) is 5.67. The third-order valence-corrected chi connectivity index (χ3v) is 5.70. The molecule has 1 unspecified atom stereocenters. The first-order valence-corrected chi connectivity index (χ1v) is 8.46. The molecule has 0 fully saturated rings. The Bertz CT molecular complexity index is 809. The number of ketones is 1. The van der Waals surface area contributed by atoms with Crippen LogP contribution in [0.2, 0.25) is 0 Å². The predicted molar refractivity (Wildman–Crippen MR) is 91.5 cm³/mol. The lowest BCUT2D eigenvalue weighted by molar-refractivity contribution is 0.103. The van der Waals surface area contributed by atoms with Crippen molar-refractivity contribution >= 4 is 23.2 Å². The van der Waals surface area contributed by atoms with Crippen LogP contribution in [-0.2, 0) is 0 Å². The van der Waals surface area contributed by atoms with E-state index in [9.17, 15) is 4.79 Å². The van der Waals surface area contributed by atoms with Crippen LogP contribution in [-0.4, -0.2) is 12.3 Å². The summed E-state index contributed by atoms with van der Waals surface area (Å²) in [4.78, 5) is 16.4. The Morgan fingerprint density at radius 1 is 1.09 bits per heavy atom. The number of thioether (sulfide) groups is 1. The molecule has 0 spiro atoms. The molecule has 2 nitrogen and oxygen atoms in total. The number of fused-ring (bicyclic) bond motifs is 2. The maximum absolute atomic E-state index is 12.9. The van der Waals surface area contributed by atoms with Crippen molar-refractivity contribution < 1.29 is 4.79 Å². The van der Waals surface area contributed by atoms with E-state index in [-0.39, 0.29) is 11.7 Å². The number of Topliss-reactive ketones (excluding diaryl/α,β-unsaturated/α-hetero) is 1. The van der Waals surface area contributed by atoms with Gasteiger partial charge in [0.15, 0.2) is 5.78 Å². The first-order chi connectivity index (χ1) is 10.7. The number of rotatable bonds is 1. The Hall–Kier alpha value is -2.00. The molecule has 2 aromatic carbocycles. The number of para-hydroxylation sites is 1. The fourth-order valence-corrected chi connectivity index (χ4v) is 4.77. The Morgan fingerprint density at radius 2 is 1.82 bits per heavy atom. The first-order valence-electron chi connectivity index (χ1n) is 7.64. The van der Waals surface area contributed by atoms with Gasteiger partial charge in [-0.25, -0.2) is 0 Å². The summed E-state index contributed by atoms with van der Waals surface area (Å²) in [5, 5.41) is 1.11. The second kappa shape index (κ2) is 5.03. The van der Waals surface area contributed by atoms with E-state index >= 15 is 0 Å². The van der Waals surface area contributed by atoms with Crippen molar-refractivity contribution in [2.45, 2.75) is 24.7 Å². The molecule has 1 aliphatic heterocycles. The first kappa shape index (κ1) is 13.6. The van der Waals surface area contributed by atoms with Crippen LogP contribution in [0.15, 0.2) is 64.0 Å². The number of anilines is 1. The average molecular weight is 307 g/mol. The van der Waals surface area contributed by atoms with Gasteiger partial charge in [0.25, 0.3) is 0 Å². The number of benzene rings is 2. The van der Waals surface area contributed by atoms with Gasteiger partial charge < -0.3 is 4.90 Å². The van der Waals surface area contributed by atoms with Crippen LogP contribution in [0.4, 0.5) is 5.69 Å².